The van der Waals surface area contributed by atoms with Crippen LogP contribution < -0.4 is 10.6 Å². The fourth-order valence-electron chi connectivity index (χ4n) is 5.91. The van der Waals surface area contributed by atoms with Gasteiger partial charge < -0.3 is 20.6 Å². The number of amides is 3. The molecule has 0 aromatic heterocycles. The van der Waals surface area contributed by atoms with Crippen LogP contribution in [0.5, 0.6) is 0 Å². The molecule has 7 nitrogen and oxygen atoms in total. The van der Waals surface area contributed by atoms with Gasteiger partial charge in [-0.05, 0) is 52.4 Å². The Bertz CT molecular complexity index is 725. The zero-order chi connectivity index (χ0) is 23.7. The number of aliphatic hydroxyl groups excluding tert-OH is 1. The minimum Gasteiger partial charge on any atom is -0.396 e. The van der Waals surface area contributed by atoms with Crippen LogP contribution in [0.3, 0.4) is 0 Å². The largest absolute Gasteiger partial charge is 0.396 e. The highest BCUT2D eigenvalue weighted by atomic mass is 32.2. The molecule has 3 amide bonds. The number of aliphatic hydroxyl groups is 1. The first kappa shape index (κ1) is 25.3. The van der Waals surface area contributed by atoms with Gasteiger partial charge in [0, 0.05) is 30.5 Å². The molecule has 8 heteroatoms. The van der Waals surface area contributed by atoms with E-state index < -0.39 is 22.2 Å². The van der Waals surface area contributed by atoms with Crippen molar-refractivity contribution in [2.45, 2.75) is 94.7 Å². The fourth-order valence-corrected chi connectivity index (χ4v) is 8.33. The van der Waals surface area contributed by atoms with E-state index in [9.17, 15) is 14.4 Å². The van der Waals surface area contributed by atoms with Gasteiger partial charge in [0.15, 0.2) is 0 Å². The molecular formula is C24H41N3O4S. The van der Waals surface area contributed by atoms with Crippen LogP contribution in [-0.4, -0.2) is 69.0 Å². The first-order chi connectivity index (χ1) is 15.1. The van der Waals surface area contributed by atoms with E-state index in [1.165, 1.54) is 0 Å². The fraction of sp³-hybridized carbons (Fsp3) is 0.875. The summed E-state index contributed by atoms with van der Waals surface area (Å²) in [6.45, 7) is 11.3. The van der Waals surface area contributed by atoms with E-state index in [0.29, 0.717) is 13.1 Å². The summed E-state index contributed by atoms with van der Waals surface area (Å²) < 4.78 is -0.545. The molecule has 3 aliphatic rings. The number of fused-ring (bicyclic) bond motifs is 1. The van der Waals surface area contributed by atoms with Crippen LogP contribution in [0.15, 0.2) is 0 Å². The number of thioether (sulfide) groups is 1. The Balaban J connectivity index is 1.91. The van der Waals surface area contributed by atoms with Crippen molar-refractivity contribution in [3.05, 3.63) is 0 Å². The van der Waals surface area contributed by atoms with Gasteiger partial charge >= 0.3 is 0 Å². The maximum atomic E-state index is 13.8. The second-order valence-electron chi connectivity index (χ2n) is 10.8. The summed E-state index contributed by atoms with van der Waals surface area (Å²) in [5, 5.41) is 15.3. The monoisotopic (exact) mass is 467 g/mol. The zero-order valence-electron chi connectivity index (χ0n) is 20.3. The first-order valence-corrected chi connectivity index (χ1v) is 13.1. The van der Waals surface area contributed by atoms with Crippen LogP contribution in [0.2, 0.25) is 0 Å². The molecule has 3 fully saturated rings. The summed E-state index contributed by atoms with van der Waals surface area (Å²) in [6, 6.07) is -0.550. The molecule has 3 N–H and O–H groups in total. The number of nitrogens with zero attached hydrogens (tertiary/aromatic N) is 1. The van der Waals surface area contributed by atoms with Gasteiger partial charge in [-0.25, -0.2) is 0 Å². The van der Waals surface area contributed by atoms with Crippen LogP contribution >= 0.6 is 11.8 Å². The van der Waals surface area contributed by atoms with E-state index in [0.717, 1.165) is 38.5 Å². The highest BCUT2D eigenvalue weighted by Crippen LogP contribution is 2.68. The molecule has 0 radical (unpaired) electrons. The number of hydrogen-bond acceptors (Lipinski definition) is 5. The van der Waals surface area contributed by atoms with Gasteiger partial charge in [0.05, 0.1) is 16.6 Å². The molecule has 3 rings (SSSR count). The van der Waals surface area contributed by atoms with E-state index in [-0.39, 0.29) is 41.4 Å². The van der Waals surface area contributed by atoms with E-state index in [1.54, 1.807) is 16.7 Å². The molecule has 3 aliphatic heterocycles. The van der Waals surface area contributed by atoms with Crippen LogP contribution in [0.25, 0.3) is 0 Å². The molecule has 6 atom stereocenters. The van der Waals surface area contributed by atoms with Crippen molar-refractivity contribution in [3.8, 4) is 0 Å². The Morgan fingerprint density at radius 2 is 1.88 bits per heavy atom. The lowest BCUT2D eigenvalue weighted by atomic mass is 9.65. The minimum atomic E-state index is -0.550. The smallest absolute Gasteiger partial charge is 0.244 e. The van der Waals surface area contributed by atoms with Crippen molar-refractivity contribution in [1.82, 2.24) is 15.5 Å². The Labute approximate surface area is 196 Å². The predicted molar refractivity (Wildman–Crippen MR) is 127 cm³/mol. The van der Waals surface area contributed by atoms with Gasteiger partial charge in [-0.1, -0.05) is 26.7 Å². The van der Waals surface area contributed by atoms with E-state index in [4.69, 9.17) is 5.11 Å². The number of hydrogen-bond donors (Lipinski definition) is 3. The number of carbonyl (C=O) groups is 3. The summed E-state index contributed by atoms with van der Waals surface area (Å²) in [4.78, 5) is 42.3. The van der Waals surface area contributed by atoms with Crippen LogP contribution in [0, 0.1) is 17.8 Å². The topological polar surface area (TPSA) is 98.7 Å². The summed E-state index contributed by atoms with van der Waals surface area (Å²) in [7, 11) is 0. The number of nitrogens with one attached hydrogen (secondary N) is 2. The van der Waals surface area contributed by atoms with Crippen molar-refractivity contribution >= 4 is 29.5 Å². The van der Waals surface area contributed by atoms with Gasteiger partial charge in [0.2, 0.25) is 17.7 Å². The average molecular weight is 468 g/mol. The Hall–Kier alpha value is -1.28. The normalized spacial score (nSPS) is 33.5. The Morgan fingerprint density at radius 1 is 1.19 bits per heavy atom. The summed E-state index contributed by atoms with van der Waals surface area (Å²) in [5.41, 5.74) is -0.399. The van der Waals surface area contributed by atoms with Gasteiger partial charge in [-0.15, -0.1) is 11.8 Å². The SMILES string of the molecule is CCCNC(=O)[C@@H]1[C@H]2C(=O)N(CCCCCCO)C(C(=O)NC(C)(C)C)C23S[C@@H]1CC3C. The Kier molecular flexibility index (Phi) is 7.85. The number of likely N-dealkylation sites (tertiary alicyclic amines) is 1. The molecule has 0 aromatic carbocycles. The highest BCUT2D eigenvalue weighted by molar-refractivity contribution is 8.02. The van der Waals surface area contributed by atoms with Crippen molar-refractivity contribution in [3.63, 3.8) is 0 Å². The van der Waals surface area contributed by atoms with Crippen LogP contribution in [0.4, 0.5) is 0 Å². The third-order valence-corrected chi connectivity index (χ3v) is 9.23. The molecular weight excluding hydrogens is 426 g/mol. The van der Waals surface area contributed by atoms with Gasteiger partial charge in [0.25, 0.3) is 0 Å². The lowest BCUT2D eigenvalue weighted by Crippen LogP contribution is -2.59. The maximum Gasteiger partial charge on any atom is 0.244 e. The summed E-state index contributed by atoms with van der Waals surface area (Å²) in [6.07, 6.45) is 5.07. The van der Waals surface area contributed by atoms with Gasteiger partial charge in [-0.2, -0.15) is 0 Å². The molecule has 1 spiro atoms. The third-order valence-electron chi connectivity index (χ3n) is 7.15. The van der Waals surface area contributed by atoms with Gasteiger partial charge in [-0.3, -0.25) is 14.4 Å². The number of carbonyl (C=O) groups excluding carboxylic acids is 3. The lowest BCUT2D eigenvalue weighted by Gasteiger charge is -2.39. The second kappa shape index (κ2) is 9.92. The number of rotatable bonds is 10. The van der Waals surface area contributed by atoms with Crippen molar-refractivity contribution in [2.75, 3.05) is 19.7 Å². The molecule has 3 saturated heterocycles. The first-order valence-electron chi connectivity index (χ1n) is 12.3. The third kappa shape index (κ3) is 4.54. The van der Waals surface area contributed by atoms with E-state index in [2.05, 4.69) is 17.6 Å². The van der Waals surface area contributed by atoms with Gasteiger partial charge in [0.1, 0.15) is 6.04 Å². The van der Waals surface area contributed by atoms with Crippen LogP contribution in [-0.2, 0) is 14.4 Å². The van der Waals surface area contributed by atoms with E-state index >= 15 is 0 Å². The predicted octanol–water partition coefficient (Wildman–Crippen LogP) is 2.32. The average Bonchev–Trinajstić information content (AvgIpc) is 3.28. The molecule has 3 unspecified atom stereocenters. The van der Waals surface area contributed by atoms with Crippen molar-refractivity contribution < 1.29 is 19.5 Å². The molecule has 0 saturated carbocycles. The molecule has 0 aliphatic carbocycles. The molecule has 182 valence electrons. The molecule has 0 aromatic rings. The molecule has 32 heavy (non-hydrogen) atoms. The Morgan fingerprint density at radius 3 is 2.50 bits per heavy atom. The molecule has 3 heterocycles. The standard InChI is InChI=1S/C24H41N3O4S/c1-6-11-25-20(29)17-16-14-15(2)24(32-16)18(17)22(31)27(12-9-7-8-10-13-28)19(24)21(30)26-23(3,4)5/h15-19,28H,6-14H2,1-5H3,(H,25,29)(H,26,30)/t15?,16-,17+,18+,19?,24?/m1/s1. The minimum absolute atomic E-state index is 0.0283. The lowest BCUT2D eigenvalue weighted by molar-refractivity contribution is -0.140. The molecule has 2 bridgehead atoms. The van der Waals surface area contributed by atoms with Crippen molar-refractivity contribution in [1.29, 1.82) is 0 Å². The summed E-state index contributed by atoms with van der Waals surface area (Å²) in [5.74, 6) is -0.767. The summed E-state index contributed by atoms with van der Waals surface area (Å²) >= 11 is 1.73. The number of unbranched alkanes of at least 4 members (excludes halogenated alkanes) is 3. The zero-order valence-corrected chi connectivity index (χ0v) is 21.1. The van der Waals surface area contributed by atoms with E-state index in [1.807, 2.05) is 27.7 Å². The second-order valence-corrected chi connectivity index (χ2v) is 12.3. The maximum absolute atomic E-state index is 13.8. The van der Waals surface area contributed by atoms with Crippen LogP contribution in [0.1, 0.15) is 73.1 Å². The highest BCUT2D eigenvalue weighted by Gasteiger charge is 2.75. The van der Waals surface area contributed by atoms with Crippen molar-refractivity contribution in [2.24, 2.45) is 17.8 Å². The quantitative estimate of drug-likeness (QED) is 0.428.